The fourth-order valence-electron chi connectivity index (χ4n) is 1.20. The van der Waals surface area contributed by atoms with Gasteiger partial charge in [0.05, 0.1) is 4.88 Å². The monoisotopic (exact) mass is 253 g/mol. The van der Waals surface area contributed by atoms with Gasteiger partial charge in [-0.2, -0.15) is 0 Å². The van der Waals surface area contributed by atoms with Gasteiger partial charge < -0.3 is 0 Å². The van der Waals surface area contributed by atoms with Gasteiger partial charge in [0.25, 0.3) is 0 Å². The minimum atomic E-state index is 1.11. The summed E-state index contributed by atoms with van der Waals surface area (Å²) in [5.41, 5.74) is 2.47. The Morgan fingerprint density at radius 3 is 2.85 bits per heavy atom. The molecular weight excluding hydrogens is 246 g/mol. The average Bonchev–Trinajstić information content (AvgIpc) is 2.51. The van der Waals surface area contributed by atoms with Crippen LogP contribution in [-0.4, -0.2) is 4.37 Å². The molecule has 1 aromatic carbocycles. The van der Waals surface area contributed by atoms with Crippen LogP contribution in [0.5, 0.6) is 0 Å². The molecule has 0 atom stereocenters. The first-order valence-corrected chi connectivity index (χ1v) is 5.51. The number of halogens is 1. The summed E-state index contributed by atoms with van der Waals surface area (Å²) >= 11 is 5.00. The quantitative estimate of drug-likeness (QED) is 0.752. The maximum Gasteiger partial charge on any atom is 0.0579 e. The topological polar surface area (TPSA) is 12.9 Å². The molecule has 0 aliphatic rings. The van der Waals surface area contributed by atoms with Gasteiger partial charge in [-0.25, -0.2) is 4.37 Å². The molecule has 2 aromatic rings. The van der Waals surface area contributed by atoms with Crippen molar-refractivity contribution >= 4 is 27.5 Å². The molecule has 0 aliphatic carbocycles. The first kappa shape index (κ1) is 8.91. The fourth-order valence-corrected chi connectivity index (χ4v) is 2.34. The molecule has 1 nitrogen and oxygen atoms in total. The van der Waals surface area contributed by atoms with Crippen LogP contribution in [0.3, 0.4) is 0 Å². The summed E-state index contributed by atoms with van der Waals surface area (Å²) in [5, 5.41) is 0. The van der Waals surface area contributed by atoms with Crippen molar-refractivity contribution in [2.24, 2.45) is 0 Å². The lowest BCUT2D eigenvalue weighted by Crippen LogP contribution is -1.74. The van der Waals surface area contributed by atoms with Crippen LogP contribution in [0.2, 0.25) is 0 Å². The third kappa shape index (κ3) is 1.81. The summed E-state index contributed by atoms with van der Waals surface area (Å²) in [7, 11) is 0. The molecule has 66 valence electrons. The van der Waals surface area contributed by atoms with Crippen molar-refractivity contribution in [2.75, 3.05) is 0 Å². The second-order valence-electron chi connectivity index (χ2n) is 2.85. The summed E-state index contributed by atoms with van der Waals surface area (Å²) in [4.78, 5) is 1.25. The molecule has 0 unspecified atom stereocenters. The Kier molecular flexibility index (Phi) is 2.47. The molecule has 13 heavy (non-hydrogen) atoms. The Balaban J connectivity index is 2.53. The molecular formula is C10H8BrNS. The van der Waals surface area contributed by atoms with Crippen LogP contribution >= 0.6 is 27.5 Å². The Morgan fingerprint density at radius 1 is 1.38 bits per heavy atom. The zero-order valence-corrected chi connectivity index (χ0v) is 9.52. The molecule has 0 spiro atoms. The highest BCUT2D eigenvalue weighted by atomic mass is 79.9. The molecule has 0 saturated carbocycles. The molecule has 0 bridgehead atoms. The van der Waals surface area contributed by atoms with Crippen LogP contribution in [0, 0.1) is 6.92 Å². The van der Waals surface area contributed by atoms with Crippen molar-refractivity contribution in [2.45, 2.75) is 6.92 Å². The van der Waals surface area contributed by atoms with E-state index in [4.69, 9.17) is 0 Å². The van der Waals surface area contributed by atoms with Crippen molar-refractivity contribution in [1.29, 1.82) is 0 Å². The van der Waals surface area contributed by atoms with Crippen LogP contribution in [-0.2, 0) is 0 Å². The minimum Gasteiger partial charge on any atom is -0.200 e. The second-order valence-corrected chi connectivity index (χ2v) is 4.57. The van der Waals surface area contributed by atoms with Crippen molar-refractivity contribution in [3.05, 3.63) is 40.5 Å². The molecule has 0 N–H and O–H groups in total. The lowest BCUT2D eigenvalue weighted by molar-refractivity contribution is 1.45. The van der Waals surface area contributed by atoms with Gasteiger partial charge in [-0.3, -0.25) is 0 Å². The van der Waals surface area contributed by atoms with Gasteiger partial charge in [0.2, 0.25) is 0 Å². The smallest absolute Gasteiger partial charge is 0.0579 e. The summed E-state index contributed by atoms with van der Waals surface area (Å²) in [6.07, 6.45) is 1.90. The maximum atomic E-state index is 4.15. The number of nitrogens with zero attached hydrogens (tertiary/aromatic N) is 1. The summed E-state index contributed by atoms with van der Waals surface area (Å²) in [5.74, 6) is 0. The van der Waals surface area contributed by atoms with Gasteiger partial charge in [-0.15, -0.1) is 0 Å². The van der Waals surface area contributed by atoms with Crippen LogP contribution in [0.15, 0.2) is 34.9 Å². The van der Waals surface area contributed by atoms with Gasteiger partial charge in [0.15, 0.2) is 0 Å². The Labute approximate surface area is 89.7 Å². The summed E-state index contributed by atoms with van der Waals surface area (Å²) in [6, 6.07) is 8.28. The van der Waals surface area contributed by atoms with E-state index in [2.05, 4.69) is 39.4 Å². The highest BCUT2D eigenvalue weighted by molar-refractivity contribution is 9.10. The van der Waals surface area contributed by atoms with Crippen LogP contribution < -0.4 is 0 Å². The predicted octanol–water partition coefficient (Wildman–Crippen LogP) is 3.88. The third-order valence-corrected chi connectivity index (χ3v) is 3.28. The lowest BCUT2D eigenvalue weighted by atomic mass is 10.1. The Morgan fingerprint density at radius 2 is 2.23 bits per heavy atom. The number of benzene rings is 1. The highest BCUT2D eigenvalue weighted by Gasteiger charge is 2.03. The van der Waals surface area contributed by atoms with E-state index < -0.39 is 0 Å². The largest absolute Gasteiger partial charge is 0.200 e. The van der Waals surface area contributed by atoms with Crippen molar-refractivity contribution < 1.29 is 0 Å². The molecule has 1 heterocycles. The van der Waals surface area contributed by atoms with E-state index in [1.807, 2.05) is 18.3 Å². The van der Waals surface area contributed by atoms with E-state index in [0.29, 0.717) is 0 Å². The van der Waals surface area contributed by atoms with E-state index in [1.165, 1.54) is 16.0 Å². The summed E-state index contributed by atoms with van der Waals surface area (Å²) in [6.45, 7) is 2.08. The van der Waals surface area contributed by atoms with E-state index in [-0.39, 0.29) is 0 Å². The van der Waals surface area contributed by atoms with E-state index in [9.17, 15) is 0 Å². The lowest BCUT2D eigenvalue weighted by Gasteiger charge is -1.98. The maximum absolute atomic E-state index is 4.15. The Hall–Kier alpha value is -0.670. The molecule has 0 aliphatic heterocycles. The molecule has 0 fully saturated rings. The zero-order valence-electron chi connectivity index (χ0n) is 7.12. The van der Waals surface area contributed by atoms with E-state index >= 15 is 0 Å². The van der Waals surface area contributed by atoms with Crippen molar-refractivity contribution in [3.8, 4) is 10.4 Å². The first-order chi connectivity index (χ1) is 6.27. The highest BCUT2D eigenvalue weighted by Crippen LogP contribution is 2.28. The standard InChI is InChI=1S/C10H8BrNS/c1-7-6-12-13-10(7)8-3-2-4-9(11)5-8/h2-6H,1H3. The van der Waals surface area contributed by atoms with Gasteiger partial charge >= 0.3 is 0 Å². The molecule has 0 radical (unpaired) electrons. The number of rotatable bonds is 1. The predicted molar refractivity (Wildman–Crippen MR) is 60.0 cm³/mol. The number of aryl methyl sites for hydroxylation is 1. The number of hydrogen-bond acceptors (Lipinski definition) is 2. The van der Waals surface area contributed by atoms with E-state index in [1.54, 1.807) is 11.5 Å². The second kappa shape index (κ2) is 3.60. The van der Waals surface area contributed by atoms with Gasteiger partial charge in [0.1, 0.15) is 0 Å². The van der Waals surface area contributed by atoms with Crippen molar-refractivity contribution in [3.63, 3.8) is 0 Å². The molecule has 3 heteroatoms. The minimum absolute atomic E-state index is 1.11. The van der Waals surface area contributed by atoms with Gasteiger partial charge in [0, 0.05) is 10.7 Å². The van der Waals surface area contributed by atoms with Gasteiger partial charge in [-0.05, 0) is 41.7 Å². The van der Waals surface area contributed by atoms with Crippen molar-refractivity contribution in [1.82, 2.24) is 4.37 Å². The first-order valence-electron chi connectivity index (χ1n) is 3.94. The molecule has 0 saturated heterocycles. The molecule has 0 amide bonds. The van der Waals surface area contributed by atoms with Crippen LogP contribution in [0.1, 0.15) is 5.56 Å². The summed E-state index contributed by atoms with van der Waals surface area (Å²) < 4.78 is 5.26. The van der Waals surface area contributed by atoms with Gasteiger partial charge in [-0.1, -0.05) is 28.1 Å². The fraction of sp³-hybridized carbons (Fsp3) is 0.100. The molecule has 1 aromatic heterocycles. The normalized spacial score (nSPS) is 10.3. The van der Waals surface area contributed by atoms with Crippen LogP contribution in [0.25, 0.3) is 10.4 Å². The number of hydrogen-bond donors (Lipinski definition) is 0. The van der Waals surface area contributed by atoms with Crippen LogP contribution in [0.4, 0.5) is 0 Å². The van der Waals surface area contributed by atoms with E-state index in [0.717, 1.165) is 4.47 Å². The average molecular weight is 254 g/mol. The Bertz CT molecular complexity index is 422. The third-order valence-electron chi connectivity index (χ3n) is 1.84. The number of aromatic nitrogens is 1. The SMILES string of the molecule is Cc1cnsc1-c1cccc(Br)c1. The molecule has 2 rings (SSSR count). The zero-order chi connectivity index (χ0) is 9.26.